The zero-order valence-electron chi connectivity index (χ0n) is 7.53. The van der Waals surface area contributed by atoms with Crippen LogP contribution in [0.1, 0.15) is 12.5 Å². The van der Waals surface area contributed by atoms with Crippen molar-refractivity contribution in [3.8, 4) is 6.07 Å². The van der Waals surface area contributed by atoms with Crippen molar-refractivity contribution in [2.75, 3.05) is 0 Å². The highest BCUT2D eigenvalue weighted by Crippen LogP contribution is 2.26. The van der Waals surface area contributed by atoms with Gasteiger partial charge in [0, 0.05) is 10.1 Å². The van der Waals surface area contributed by atoms with Crippen LogP contribution in [0.3, 0.4) is 0 Å². The highest BCUT2D eigenvalue weighted by atomic mass is 32.2. The second kappa shape index (κ2) is 4.74. The molecule has 0 bridgehead atoms. The Bertz CT molecular complexity index is 338. The van der Waals surface area contributed by atoms with Crippen LogP contribution in [0.15, 0.2) is 41.8 Å². The summed E-state index contributed by atoms with van der Waals surface area (Å²) < 4.78 is 0. The molecule has 1 aromatic carbocycles. The quantitative estimate of drug-likeness (QED) is 0.538. The third kappa shape index (κ3) is 2.64. The number of nitriles is 1. The Morgan fingerprint density at radius 1 is 1.54 bits per heavy atom. The van der Waals surface area contributed by atoms with E-state index in [1.54, 1.807) is 11.8 Å². The molecular formula is C11H11NS. The molecule has 13 heavy (non-hydrogen) atoms. The molecule has 0 aliphatic heterocycles. The molecule has 0 aliphatic carbocycles. The van der Waals surface area contributed by atoms with Gasteiger partial charge in [0.1, 0.15) is 6.07 Å². The van der Waals surface area contributed by atoms with Crippen LogP contribution in [0.5, 0.6) is 0 Å². The molecule has 0 aromatic heterocycles. The molecule has 0 saturated carbocycles. The van der Waals surface area contributed by atoms with Gasteiger partial charge in [-0.2, -0.15) is 5.26 Å². The summed E-state index contributed by atoms with van der Waals surface area (Å²) in [5, 5.41) is 9.16. The summed E-state index contributed by atoms with van der Waals surface area (Å²) in [6, 6.07) is 9.78. The average Bonchev–Trinajstić information content (AvgIpc) is 2.18. The predicted molar refractivity (Wildman–Crippen MR) is 56.7 cm³/mol. The Kier molecular flexibility index (Phi) is 3.60. The molecule has 66 valence electrons. The van der Waals surface area contributed by atoms with E-state index in [4.69, 9.17) is 5.26 Å². The van der Waals surface area contributed by atoms with Crippen LogP contribution in [0.2, 0.25) is 0 Å². The molecule has 1 aromatic rings. The Labute approximate surface area is 83.1 Å². The van der Waals surface area contributed by atoms with Crippen LogP contribution in [0.4, 0.5) is 0 Å². The van der Waals surface area contributed by atoms with Crippen LogP contribution < -0.4 is 0 Å². The van der Waals surface area contributed by atoms with Crippen LogP contribution in [0, 0.1) is 11.3 Å². The first-order valence-corrected chi connectivity index (χ1v) is 4.94. The molecule has 0 N–H and O–H groups in total. The highest BCUT2D eigenvalue weighted by Gasteiger charge is 2.03. The fraction of sp³-hybridized carbons (Fsp3) is 0.182. The Hall–Kier alpha value is -1.20. The van der Waals surface area contributed by atoms with E-state index in [-0.39, 0.29) is 0 Å². The maximum atomic E-state index is 8.81. The molecule has 1 unspecified atom stereocenters. The van der Waals surface area contributed by atoms with Gasteiger partial charge in [0.2, 0.25) is 0 Å². The molecule has 0 radical (unpaired) electrons. The van der Waals surface area contributed by atoms with E-state index in [1.807, 2.05) is 30.3 Å². The lowest BCUT2D eigenvalue weighted by Gasteiger charge is -2.06. The summed E-state index contributed by atoms with van der Waals surface area (Å²) in [5.41, 5.74) is 0.737. The summed E-state index contributed by atoms with van der Waals surface area (Å²) in [6.07, 6.45) is 1.87. The number of thioether (sulfide) groups is 1. The topological polar surface area (TPSA) is 23.8 Å². The SMILES string of the molecule is C=CC(C)Sc1ccccc1C#N. The maximum absolute atomic E-state index is 8.81. The molecule has 0 spiro atoms. The zero-order valence-corrected chi connectivity index (χ0v) is 8.34. The summed E-state index contributed by atoms with van der Waals surface area (Å²) in [5.74, 6) is 0. The lowest BCUT2D eigenvalue weighted by atomic mass is 10.2. The van der Waals surface area contributed by atoms with Crippen molar-refractivity contribution < 1.29 is 0 Å². The molecule has 1 atom stereocenters. The van der Waals surface area contributed by atoms with Gasteiger partial charge in [0.25, 0.3) is 0 Å². The van der Waals surface area contributed by atoms with E-state index >= 15 is 0 Å². The normalized spacial score (nSPS) is 11.7. The molecule has 0 saturated heterocycles. The predicted octanol–water partition coefficient (Wildman–Crippen LogP) is 3.22. The standard InChI is InChI=1S/C11H11NS/c1-3-9(2)13-11-7-5-4-6-10(11)8-12/h3-7,9H,1H2,2H3. The number of nitrogens with zero attached hydrogens (tertiary/aromatic N) is 1. The third-order valence-electron chi connectivity index (χ3n) is 1.65. The number of hydrogen-bond donors (Lipinski definition) is 0. The maximum Gasteiger partial charge on any atom is 0.100 e. The molecule has 0 heterocycles. The summed E-state index contributed by atoms with van der Waals surface area (Å²) in [4.78, 5) is 1.03. The smallest absolute Gasteiger partial charge is 0.100 e. The first-order chi connectivity index (χ1) is 6.27. The second-order valence-corrected chi connectivity index (χ2v) is 4.09. The first-order valence-electron chi connectivity index (χ1n) is 4.06. The van der Waals surface area contributed by atoms with Gasteiger partial charge in [-0.1, -0.05) is 18.2 Å². The summed E-state index contributed by atoms with van der Waals surface area (Å²) in [7, 11) is 0. The summed E-state index contributed by atoms with van der Waals surface area (Å²) in [6.45, 7) is 5.77. The van der Waals surface area contributed by atoms with E-state index in [0.717, 1.165) is 10.5 Å². The lowest BCUT2D eigenvalue weighted by molar-refractivity contribution is 1.24. The molecular weight excluding hydrogens is 178 g/mol. The zero-order chi connectivity index (χ0) is 9.68. The molecule has 0 fully saturated rings. The largest absolute Gasteiger partial charge is 0.192 e. The Balaban J connectivity index is 2.88. The van der Waals surface area contributed by atoms with Crippen molar-refractivity contribution in [1.29, 1.82) is 5.26 Å². The van der Waals surface area contributed by atoms with E-state index in [0.29, 0.717) is 5.25 Å². The Morgan fingerprint density at radius 3 is 2.85 bits per heavy atom. The van der Waals surface area contributed by atoms with Crippen molar-refractivity contribution in [3.63, 3.8) is 0 Å². The van der Waals surface area contributed by atoms with Crippen molar-refractivity contribution in [3.05, 3.63) is 42.5 Å². The number of benzene rings is 1. The van der Waals surface area contributed by atoms with Gasteiger partial charge < -0.3 is 0 Å². The first kappa shape index (κ1) is 9.88. The summed E-state index contributed by atoms with van der Waals surface area (Å²) >= 11 is 1.65. The molecule has 1 nitrogen and oxygen atoms in total. The Morgan fingerprint density at radius 2 is 2.23 bits per heavy atom. The van der Waals surface area contributed by atoms with Gasteiger partial charge in [0.05, 0.1) is 5.56 Å². The fourth-order valence-corrected chi connectivity index (χ4v) is 1.80. The number of hydrogen-bond acceptors (Lipinski definition) is 2. The van der Waals surface area contributed by atoms with Gasteiger partial charge in [0.15, 0.2) is 0 Å². The van der Waals surface area contributed by atoms with Crippen molar-refractivity contribution >= 4 is 11.8 Å². The van der Waals surface area contributed by atoms with Gasteiger partial charge in [-0.05, 0) is 19.1 Å². The minimum Gasteiger partial charge on any atom is -0.192 e. The van der Waals surface area contributed by atoms with Crippen molar-refractivity contribution in [2.24, 2.45) is 0 Å². The molecule has 2 heteroatoms. The molecule has 0 amide bonds. The highest BCUT2D eigenvalue weighted by molar-refractivity contribution is 8.00. The van der Waals surface area contributed by atoms with Crippen LogP contribution in [-0.4, -0.2) is 5.25 Å². The van der Waals surface area contributed by atoms with Crippen molar-refractivity contribution in [2.45, 2.75) is 17.1 Å². The van der Waals surface area contributed by atoms with E-state index in [1.165, 1.54) is 0 Å². The minimum absolute atomic E-state index is 0.342. The van der Waals surface area contributed by atoms with Crippen LogP contribution in [-0.2, 0) is 0 Å². The van der Waals surface area contributed by atoms with Crippen LogP contribution in [0.25, 0.3) is 0 Å². The third-order valence-corrected chi connectivity index (χ3v) is 2.83. The van der Waals surface area contributed by atoms with Gasteiger partial charge in [-0.15, -0.1) is 18.3 Å². The van der Waals surface area contributed by atoms with Crippen LogP contribution >= 0.6 is 11.8 Å². The second-order valence-electron chi connectivity index (χ2n) is 2.67. The molecule has 0 aliphatic rings. The van der Waals surface area contributed by atoms with Gasteiger partial charge in [-0.3, -0.25) is 0 Å². The minimum atomic E-state index is 0.342. The average molecular weight is 189 g/mol. The van der Waals surface area contributed by atoms with Crippen molar-refractivity contribution in [1.82, 2.24) is 0 Å². The van der Waals surface area contributed by atoms with E-state index < -0.39 is 0 Å². The monoisotopic (exact) mass is 189 g/mol. The van der Waals surface area contributed by atoms with Gasteiger partial charge in [-0.25, -0.2) is 0 Å². The fourth-order valence-electron chi connectivity index (χ4n) is 0.910. The van der Waals surface area contributed by atoms with E-state index in [9.17, 15) is 0 Å². The number of rotatable bonds is 3. The van der Waals surface area contributed by atoms with E-state index in [2.05, 4.69) is 19.6 Å². The lowest BCUT2D eigenvalue weighted by Crippen LogP contribution is -1.90. The van der Waals surface area contributed by atoms with Gasteiger partial charge >= 0.3 is 0 Å². The molecule has 1 rings (SSSR count).